The highest BCUT2D eigenvalue weighted by molar-refractivity contribution is 7.10. The largest absolute Gasteiger partial charge is 0.325 e. The van der Waals surface area contributed by atoms with E-state index in [0.717, 1.165) is 28.2 Å². The Kier molecular flexibility index (Phi) is 3.32. The van der Waals surface area contributed by atoms with Crippen LogP contribution in [0.15, 0.2) is 23.8 Å². The number of hydrogen-bond donors (Lipinski definition) is 1. The zero-order valence-electron chi connectivity index (χ0n) is 12.7. The van der Waals surface area contributed by atoms with Gasteiger partial charge in [0.15, 0.2) is 0 Å². The van der Waals surface area contributed by atoms with Crippen molar-refractivity contribution in [1.29, 1.82) is 5.26 Å². The van der Waals surface area contributed by atoms with Crippen molar-refractivity contribution in [2.45, 2.75) is 31.3 Å². The average molecular weight is 339 g/mol. The lowest BCUT2D eigenvalue weighted by Gasteiger charge is -2.31. The Balaban J connectivity index is 1.64. The van der Waals surface area contributed by atoms with E-state index in [1.54, 1.807) is 11.3 Å². The molecule has 0 radical (unpaired) electrons. The number of aromatic nitrogens is 2. The Morgan fingerprint density at radius 2 is 2.17 bits per heavy atom. The minimum atomic E-state index is -0.947. The number of hydrogen-bond acceptors (Lipinski definition) is 6. The molecule has 2 aromatic heterocycles. The summed E-state index contributed by atoms with van der Waals surface area (Å²) in [4.78, 5) is 35.8. The Morgan fingerprint density at radius 1 is 1.38 bits per heavy atom. The number of nitrogens with zero attached hydrogens (tertiary/aromatic N) is 4. The topological polar surface area (TPSA) is 99.0 Å². The minimum Gasteiger partial charge on any atom is -0.319 e. The summed E-state index contributed by atoms with van der Waals surface area (Å²) in [7, 11) is 0. The van der Waals surface area contributed by atoms with Crippen molar-refractivity contribution in [1.82, 2.24) is 20.2 Å². The fourth-order valence-electron chi connectivity index (χ4n) is 3.32. The van der Waals surface area contributed by atoms with Crippen LogP contribution in [0.25, 0.3) is 0 Å². The Labute approximate surface area is 142 Å². The zero-order valence-corrected chi connectivity index (χ0v) is 13.5. The third-order valence-electron chi connectivity index (χ3n) is 4.47. The second-order valence-electron chi connectivity index (χ2n) is 5.84. The molecule has 1 spiro atoms. The van der Waals surface area contributed by atoms with Crippen molar-refractivity contribution >= 4 is 23.3 Å². The molecule has 1 aliphatic carbocycles. The van der Waals surface area contributed by atoms with Crippen LogP contribution < -0.4 is 5.32 Å². The molecule has 3 heterocycles. The first-order valence-corrected chi connectivity index (χ1v) is 8.44. The standard InChI is InChI=1S/C16H13N5O2S/c17-6-10-7-18-13(19-8-10)9-21-14(22)16(20-15(21)23)4-1-2-12-11(16)3-5-24-12/h3,5,7-8H,1-2,4,9H2,(H,20,23). The number of thiophene rings is 1. The third kappa shape index (κ3) is 2.09. The van der Waals surface area contributed by atoms with Gasteiger partial charge in [-0.05, 0) is 30.7 Å². The van der Waals surface area contributed by atoms with Crippen molar-refractivity contribution in [3.05, 3.63) is 45.7 Å². The maximum absolute atomic E-state index is 13.0. The van der Waals surface area contributed by atoms with Gasteiger partial charge in [-0.25, -0.2) is 14.8 Å². The molecule has 2 aliphatic rings. The smallest absolute Gasteiger partial charge is 0.319 e. The normalized spacial score (nSPS) is 22.4. The second kappa shape index (κ2) is 5.39. The highest BCUT2D eigenvalue weighted by atomic mass is 32.1. The summed E-state index contributed by atoms with van der Waals surface area (Å²) >= 11 is 1.62. The van der Waals surface area contributed by atoms with Gasteiger partial charge in [0.1, 0.15) is 17.4 Å². The molecular weight excluding hydrogens is 326 g/mol. The van der Waals surface area contributed by atoms with Gasteiger partial charge < -0.3 is 5.32 Å². The molecule has 8 heteroatoms. The summed E-state index contributed by atoms with van der Waals surface area (Å²) in [6.45, 7) is -0.00239. The van der Waals surface area contributed by atoms with E-state index >= 15 is 0 Å². The molecule has 0 bridgehead atoms. The van der Waals surface area contributed by atoms with Crippen LogP contribution in [0.3, 0.4) is 0 Å². The van der Waals surface area contributed by atoms with Gasteiger partial charge in [-0.15, -0.1) is 11.3 Å². The van der Waals surface area contributed by atoms with E-state index in [9.17, 15) is 9.59 Å². The Hall–Kier alpha value is -2.79. The molecule has 0 aromatic carbocycles. The molecular formula is C16H13N5O2S. The summed E-state index contributed by atoms with van der Waals surface area (Å²) in [5.74, 6) is 0.0794. The number of carbonyl (C=O) groups excluding carboxylic acids is 2. The van der Waals surface area contributed by atoms with E-state index in [-0.39, 0.29) is 12.5 Å². The lowest BCUT2D eigenvalue weighted by molar-refractivity contribution is -0.132. The predicted octanol–water partition coefficient (Wildman–Crippen LogP) is 1.69. The van der Waals surface area contributed by atoms with Gasteiger partial charge in [0, 0.05) is 22.8 Å². The number of carbonyl (C=O) groups is 2. The van der Waals surface area contributed by atoms with E-state index in [1.807, 2.05) is 17.5 Å². The van der Waals surface area contributed by atoms with Gasteiger partial charge in [-0.2, -0.15) is 5.26 Å². The lowest BCUT2D eigenvalue weighted by atomic mass is 9.80. The molecule has 1 aliphatic heterocycles. The first-order valence-electron chi connectivity index (χ1n) is 7.56. The van der Waals surface area contributed by atoms with Crippen LogP contribution in [0.1, 0.15) is 34.7 Å². The fourth-order valence-corrected chi connectivity index (χ4v) is 4.32. The predicted molar refractivity (Wildman–Crippen MR) is 84.8 cm³/mol. The minimum absolute atomic E-state index is 0.00239. The van der Waals surface area contributed by atoms with Gasteiger partial charge >= 0.3 is 6.03 Å². The Morgan fingerprint density at radius 3 is 2.92 bits per heavy atom. The SMILES string of the molecule is N#Cc1cnc(CN2C(=O)NC3(CCCc4sccc43)C2=O)nc1. The van der Waals surface area contributed by atoms with Crippen LogP contribution in [-0.4, -0.2) is 26.8 Å². The van der Waals surface area contributed by atoms with Gasteiger partial charge in [-0.1, -0.05) is 0 Å². The van der Waals surface area contributed by atoms with Crippen molar-refractivity contribution < 1.29 is 9.59 Å². The molecule has 2 aromatic rings. The number of fused-ring (bicyclic) bond motifs is 2. The highest BCUT2D eigenvalue weighted by Gasteiger charge is 2.54. The average Bonchev–Trinajstić information content (AvgIpc) is 3.16. The maximum atomic E-state index is 13.0. The number of rotatable bonds is 2. The third-order valence-corrected chi connectivity index (χ3v) is 5.45. The van der Waals surface area contributed by atoms with Crippen LogP contribution in [-0.2, 0) is 23.3 Å². The van der Waals surface area contributed by atoms with Crippen molar-refractivity contribution in [3.8, 4) is 6.07 Å². The number of imide groups is 1. The maximum Gasteiger partial charge on any atom is 0.325 e. The van der Waals surface area contributed by atoms with E-state index in [1.165, 1.54) is 12.4 Å². The van der Waals surface area contributed by atoms with E-state index in [2.05, 4.69) is 15.3 Å². The van der Waals surface area contributed by atoms with Crippen LogP contribution in [0.4, 0.5) is 4.79 Å². The number of urea groups is 1. The second-order valence-corrected chi connectivity index (χ2v) is 6.84. The number of aryl methyl sites for hydroxylation is 1. The summed E-state index contributed by atoms with van der Waals surface area (Å²) < 4.78 is 0. The van der Waals surface area contributed by atoms with E-state index < -0.39 is 11.6 Å². The van der Waals surface area contributed by atoms with Crippen molar-refractivity contribution in [2.24, 2.45) is 0 Å². The molecule has 1 saturated heterocycles. The van der Waals surface area contributed by atoms with Gasteiger partial charge in [-0.3, -0.25) is 9.69 Å². The molecule has 3 amide bonds. The number of nitriles is 1. The first kappa shape index (κ1) is 14.8. The Bertz CT molecular complexity index is 869. The van der Waals surface area contributed by atoms with Crippen LogP contribution in [0.2, 0.25) is 0 Å². The van der Waals surface area contributed by atoms with Crippen LogP contribution in [0, 0.1) is 11.3 Å². The molecule has 1 N–H and O–H groups in total. The van der Waals surface area contributed by atoms with E-state index in [4.69, 9.17) is 5.26 Å². The van der Waals surface area contributed by atoms with E-state index in [0.29, 0.717) is 17.8 Å². The molecule has 4 rings (SSSR count). The van der Waals surface area contributed by atoms with Gasteiger partial charge in [0.2, 0.25) is 0 Å². The van der Waals surface area contributed by atoms with Crippen molar-refractivity contribution in [3.63, 3.8) is 0 Å². The summed E-state index contributed by atoms with van der Waals surface area (Å²) in [6, 6.07) is 3.44. The number of nitrogens with one attached hydrogen (secondary N) is 1. The van der Waals surface area contributed by atoms with Crippen LogP contribution in [0.5, 0.6) is 0 Å². The molecule has 120 valence electrons. The fraction of sp³-hybridized carbons (Fsp3) is 0.312. The molecule has 24 heavy (non-hydrogen) atoms. The lowest BCUT2D eigenvalue weighted by Crippen LogP contribution is -2.46. The summed E-state index contributed by atoms with van der Waals surface area (Å²) in [5, 5.41) is 13.6. The quantitative estimate of drug-likeness (QED) is 0.840. The molecule has 0 saturated carbocycles. The van der Waals surface area contributed by atoms with Gasteiger partial charge in [0.05, 0.1) is 12.1 Å². The van der Waals surface area contributed by atoms with Gasteiger partial charge in [0.25, 0.3) is 5.91 Å². The zero-order chi connectivity index (χ0) is 16.7. The number of amides is 3. The monoisotopic (exact) mass is 339 g/mol. The summed E-state index contributed by atoms with van der Waals surface area (Å²) in [6.07, 6.45) is 5.17. The van der Waals surface area contributed by atoms with Crippen LogP contribution >= 0.6 is 11.3 Å². The molecule has 1 fully saturated rings. The van der Waals surface area contributed by atoms with Crippen molar-refractivity contribution in [2.75, 3.05) is 0 Å². The molecule has 1 unspecified atom stereocenters. The molecule has 1 atom stereocenters. The molecule has 7 nitrogen and oxygen atoms in total. The highest BCUT2D eigenvalue weighted by Crippen LogP contribution is 2.42. The first-order chi connectivity index (χ1) is 11.6. The summed E-state index contributed by atoms with van der Waals surface area (Å²) in [5.41, 5.74) is 0.306.